The van der Waals surface area contributed by atoms with E-state index in [2.05, 4.69) is 26.0 Å². The van der Waals surface area contributed by atoms with Crippen LogP contribution in [0, 0.1) is 0 Å². The summed E-state index contributed by atoms with van der Waals surface area (Å²) in [6.07, 6.45) is 1.83. The first-order chi connectivity index (χ1) is 9.94. The van der Waals surface area contributed by atoms with Crippen LogP contribution in [0.25, 0.3) is 0 Å². The SMILES string of the molecule is CCOc1ccc(S(=O)(=O)NC2CCCNC2C)cc1Br.Cl. The molecule has 1 aliphatic heterocycles. The summed E-state index contributed by atoms with van der Waals surface area (Å²) in [7, 11) is -3.52. The van der Waals surface area contributed by atoms with Gasteiger partial charge in [0.2, 0.25) is 10.0 Å². The molecule has 1 aliphatic rings. The summed E-state index contributed by atoms with van der Waals surface area (Å²) in [5, 5.41) is 3.29. The minimum Gasteiger partial charge on any atom is -0.493 e. The van der Waals surface area contributed by atoms with Gasteiger partial charge in [-0.15, -0.1) is 12.4 Å². The number of halogens is 2. The van der Waals surface area contributed by atoms with Crippen molar-refractivity contribution >= 4 is 38.4 Å². The van der Waals surface area contributed by atoms with Crippen LogP contribution in [0.4, 0.5) is 0 Å². The molecule has 1 saturated heterocycles. The molecule has 0 aliphatic carbocycles. The van der Waals surface area contributed by atoms with E-state index in [0.717, 1.165) is 19.4 Å². The molecule has 1 fully saturated rings. The topological polar surface area (TPSA) is 67.4 Å². The van der Waals surface area contributed by atoms with Crippen LogP contribution in [0.1, 0.15) is 26.7 Å². The molecule has 2 unspecified atom stereocenters. The maximum atomic E-state index is 12.5. The smallest absolute Gasteiger partial charge is 0.240 e. The van der Waals surface area contributed by atoms with Crippen LogP contribution in [0.2, 0.25) is 0 Å². The molecule has 0 saturated carbocycles. The highest BCUT2D eigenvalue weighted by molar-refractivity contribution is 9.10. The number of piperidine rings is 1. The van der Waals surface area contributed by atoms with Crippen LogP contribution in [-0.4, -0.2) is 33.7 Å². The fourth-order valence-corrected chi connectivity index (χ4v) is 4.42. The maximum Gasteiger partial charge on any atom is 0.240 e. The summed E-state index contributed by atoms with van der Waals surface area (Å²) in [6.45, 7) is 5.36. The second-order valence-corrected chi connectivity index (χ2v) is 7.71. The van der Waals surface area contributed by atoms with Gasteiger partial charge in [-0.3, -0.25) is 0 Å². The average molecular weight is 414 g/mol. The molecule has 0 amide bonds. The van der Waals surface area contributed by atoms with Crippen molar-refractivity contribution in [1.82, 2.24) is 10.0 Å². The molecule has 5 nitrogen and oxygen atoms in total. The Kier molecular flexibility index (Phi) is 7.61. The standard InChI is InChI=1S/C14H21BrN2O3S.ClH/c1-3-20-14-7-6-11(9-12(14)15)21(18,19)17-13-5-4-8-16-10(13)2;/h6-7,9-10,13,16-17H,3-5,8H2,1-2H3;1H. The molecule has 126 valence electrons. The summed E-state index contributed by atoms with van der Waals surface area (Å²) < 4.78 is 33.8. The average Bonchev–Trinajstić information content (AvgIpc) is 2.43. The van der Waals surface area contributed by atoms with Gasteiger partial charge < -0.3 is 10.1 Å². The first kappa shape index (κ1) is 19.7. The van der Waals surface area contributed by atoms with E-state index in [0.29, 0.717) is 16.8 Å². The minimum absolute atomic E-state index is 0. The Labute approximate surface area is 146 Å². The van der Waals surface area contributed by atoms with E-state index >= 15 is 0 Å². The van der Waals surface area contributed by atoms with Gasteiger partial charge in [0.1, 0.15) is 5.75 Å². The lowest BCUT2D eigenvalue weighted by atomic mass is 10.0. The molecule has 8 heteroatoms. The molecule has 0 bridgehead atoms. The first-order valence-electron chi connectivity index (χ1n) is 7.12. The number of ether oxygens (including phenoxy) is 1. The van der Waals surface area contributed by atoms with Crippen molar-refractivity contribution in [3.05, 3.63) is 22.7 Å². The lowest BCUT2D eigenvalue weighted by Crippen LogP contribution is -2.51. The van der Waals surface area contributed by atoms with Crippen LogP contribution in [0.5, 0.6) is 5.75 Å². The van der Waals surface area contributed by atoms with E-state index in [9.17, 15) is 8.42 Å². The van der Waals surface area contributed by atoms with Crippen LogP contribution in [0.15, 0.2) is 27.6 Å². The van der Waals surface area contributed by atoms with Gasteiger partial charge in [0, 0.05) is 12.1 Å². The molecular formula is C14H22BrClN2O3S. The molecule has 22 heavy (non-hydrogen) atoms. The van der Waals surface area contributed by atoms with E-state index < -0.39 is 10.0 Å². The monoisotopic (exact) mass is 412 g/mol. The Morgan fingerprint density at radius 2 is 2.18 bits per heavy atom. The number of hydrogen-bond donors (Lipinski definition) is 2. The molecule has 1 heterocycles. The molecular weight excluding hydrogens is 392 g/mol. The number of hydrogen-bond acceptors (Lipinski definition) is 4. The number of benzene rings is 1. The molecule has 0 radical (unpaired) electrons. The van der Waals surface area contributed by atoms with Gasteiger partial charge in [-0.2, -0.15) is 0 Å². The second-order valence-electron chi connectivity index (χ2n) is 5.14. The zero-order chi connectivity index (χ0) is 15.5. The summed E-state index contributed by atoms with van der Waals surface area (Å²) >= 11 is 3.35. The Balaban J connectivity index is 0.00000242. The van der Waals surface area contributed by atoms with E-state index in [1.807, 2.05) is 13.8 Å². The highest BCUT2D eigenvalue weighted by Crippen LogP contribution is 2.28. The van der Waals surface area contributed by atoms with Crippen molar-refractivity contribution < 1.29 is 13.2 Å². The van der Waals surface area contributed by atoms with Gasteiger partial charge in [0.15, 0.2) is 0 Å². The molecule has 1 aromatic carbocycles. The molecule has 2 N–H and O–H groups in total. The van der Waals surface area contributed by atoms with Gasteiger partial charge >= 0.3 is 0 Å². The fourth-order valence-electron chi connectivity index (χ4n) is 2.39. The van der Waals surface area contributed by atoms with Crippen molar-refractivity contribution in [3.63, 3.8) is 0 Å². The lowest BCUT2D eigenvalue weighted by molar-refractivity contribution is 0.337. The third kappa shape index (κ3) is 4.83. The quantitative estimate of drug-likeness (QED) is 0.779. The summed E-state index contributed by atoms with van der Waals surface area (Å²) in [5.74, 6) is 0.643. The normalized spacial score (nSPS) is 22.0. The van der Waals surface area contributed by atoms with Gasteiger partial charge in [0.25, 0.3) is 0 Å². The van der Waals surface area contributed by atoms with Crippen molar-refractivity contribution in [2.75, 3.05) is 13.2 Å². The Morgan fingerprint density at radius 3 is 2.77 bits per heavy atom. The van der Waals surface area contributed by atoms with E-state index in [4.69, 9.17) is 4.74 Å². The van der Waals surface area contributed by atoms with Gasteiger partial charge in [-0.1, -0.05) is 0 Å². The van der Waals surface area contributed by atoms with Crippen LogP contribution < -0.4 is 14.8 Å². The molecule has 1 aromatic rings. The number of rotatable bonds is 5. The molecule has 2 atom stereocenters. The fraction of sp³-hybridized carbons (Fsp3) is 0.571. The minimum atomic E-state index is -3.52. The zero-order valence-electron chi connectivity index (χ0n) is 12.6. The Hall–Kier alpha value is -0.340. The summed E-state index contributed by atoms with van der Waals surface area (Å²) in [5.41, 5.74) is 0. The van der Waals surface area contributed by atoms with Crippen LogP contribution >= 0.6 is 28.3 Å². The molecule has 0 spiro atoms. The predicted molar refractivity (Wildman–Crippen MR) is 93.4 cm³/mol. The Morgan fingerprint density at radius 1 is 1.45 bits per heavy atom. The molecule has 0 aromatic heterocycles. The maximum absolute atomic E-state index is 12.5. The summed E-state index contributed by atoms with van der Waals surface area (Å²) in [6, 6.07) is 4.88. The summed E-state index contributed by atoms with van der Waals surface area (Å²) in [4.78, 5) is 0.246. The number of nitrogens with one attached hydrogen (secondary N) is 2. The lowest BCUT2D eigenvalue weighted by Gasteiger charge is -2.30. The van der Waals surface area contributed by atoms with Crippen molar-refractivity contribution in [2.24, 2.45) is 0 Å². The zero-order valence-corrected chi connectivity index (χ0v) is 15.9. The van der Waals surface area contributed by atoms with E-state index in [-0.39, 0.29) is 29.4 Å². The van der Waals surface area contributed by atoms with Crippen LogP contribution in [0.3, 0.4) is 0 Å². The third-order valence-corrected chi connectivity index (χ3v) is 5.69. The van der Waals surface area contributed by atoms with Gasteiger partial charge in [-0.25, -0.2) is 13.1 Å². The predicted octanol–water partition coefficient (Wildman–Crippen LogP) is 2.69. The van der Waals surface area contributed by atoms with Crippen molar-refractivity contribution in [2.45, 2.75) is 43.7 Å². The largest absolute Gasteiger partial charge is 0.493 e. The van der Waals surface area contributed by atoms with Gasteiger partial charge in [-0.05, 0) is 67.4 Å². The third-order valence-electron chi connectivity index (χ3n) is 3.58. The Bertz CT molecular complexity index is 598. The highest BCUT2D eigenvalue weighted by atomic mass is 79.9. The molecule has 2 rings (SSSR count). The van der Waals surface area contributed by atoms with E-state index in [1.165, 1.54) is 0 Å². The first-order valence-corrected chi connectivity index (χ1v) is 9.39. The van der Waals surface area contributed by atoms with E-state index in [1.54, 1.807) is 18.2 Å². The highest BCUT2D eigenvalue weighted by Gasteiger charge is 2.26. The van der Waals surface area contributed by atoms with Crippen molar-refractivity contribution in [3.8, 4) is 5.75 Å². The van der Waals surface area contributed by atoms with Gasteiger partial charge in [0.05, 0.1) is 16.0 Å². The van der Waals surface area contributed by atoms with Crippen LogP contribution in [-0.2, 0) is 10.0 Å². The number of sulfonamides is 1. The van der Waals surface area contributed by atoms with Crippen molar-refractivity contribution in [1.29, 1.82) is 0 Å². The second kappa shape index (κ2) is 8.49.